The lowest BCUT2D eigenvalue weighted by molar-refractivity contribution is 0.184. The first kappa shape index (κ1) is 15.5. The van der Waals surface area contributed by atoms with Gasteiger partial charge in [0.2, 0.25) is 10.0 Å². The Labute approximate surface area is 122 Å². The monoisotopic (exact) mass is 322 g/mol. The van der Waals surface area contributed by atoms with E-state index in [0.29, 0.717) is 25.6 Å². The SMILES string of the molecule is Nc1cc(Cl)cc(S(=O)(=O)NCCC2CCOC2)c1F. The van der Waals surface area contributed by atoms with Crippen molar-refractivity contribution in [2.75, 3.05) is 25.5 Å². The predicted octanol–water partition coefficient (Wildman–Crippen LogP) is 1.77. The Morgan fingerprint density at radius 2 is 2.25 bits per heavy atom. The summed E-state index contributed by atoms with van der Waals surface area (Å²) in [6, 6.07) is 2.22. The zero-order chi connectivity index (χ0) is 14.8. The van der Waals surface area contributed by atoms with E-state index in [2.05, 4.69) is 4.72 Å². The molecule has 5 nitrogen and oxygen atoms in total. The van der Waals surface area contributed by atoms with Crippen molar-refractivity contribution >= 4 is 27.3 Å². The molecule has 0 bridgehead atoms. The number of benzene rings is 1. The van der Waals surface area contributed by atoms with Crippen LogP contribution in [0.5, 0.6) is 0 Å². The first-order valence-electron chi connectivity index (χ1n) is 6.22. The van der Waals surface area contributed by atoms with E-state index in [0.717, 1.165) is 12.5 Å². The smallest absolute Gasteiger partial charge is 0.243 e. The lowest BCUT2D eigenvalue weighted by Gasteiger charge is -2.11. The van der Waals surface area contributed by atoms with Crippen LogP contribution in [0.4, 0.5) is 10.1 Å². The van der Waals surface area contributed by atoms with Gasteiger partial charge >= 0.3 is 0 Å². The van der Waals surface area contributed by atoms with Gasteiger partial charge in [0, 0.05) is 24.8 Å². The number of halogens is 2. The molecule has 0 saturated carbocycles. The van der Waals surface area contributed by atoms with Crippen LogP contribution in [0, 0.1) is 11.7 Å². The van der Waals surface area contributed by atoms with Gasteiger partial charge in [-0.25, -0.2) is 17.5 Å². The summed E-state index contributed by atoms with van der Waals surface area (Å²) in [4.78, 5) is -0.523. The molecule has 1 saturated heterocycles. The van der Waals surface area contributed by atoms with Crippen LogP contribution in [0.25, 0.3) is 0 Å². The van der Waals surface area contributed by atoms with Crippen LogP contribution in [0.3, 0.4) is 0 Å². The third-order valence-corrected chi connectivity index (χ3v) is 4.87. The maximum absolute atomic E-state index is 13.8. The van der Waals surface area contributed by atoms with Crippen molar-refractivity contribution in [2.24, 2.45) is 5.92 Å². The highest BCUT2D eigenvalue weighted by Crippen LogP contribution is 2.25. The van der Waals surface area contributed by atoms with Gasteiger partial charge in [0.25, 0.3) is 0 Å². The van der Waals surface area contributed by atoms with Crippen LogP contribution >= 0.6 is 11.6 Å². The van der Waals surface area contributed by atoms with Gasteiger partial charge in [-0.3, -0.25) is 0 Å². The van der Waals surface area contributed by atoms with Gasteiger partial charge in [-0.15, -0.1) is 0 Å². The van der Waals surface area contributed by atoms with Crippen molar-refractivity contribution in [1.82, 2.24) is 4.72 Å². The fourth-order valence-electron chi connectivity index (χ4n) is 2.07. The molecule has 1 aliphatic heterocycles. The highest BCUT2D eigenvalue weighted by atomic mass is 35.5. The molecule has 2 rings (SSSR count). The second kappa shape index (κ2) is 6.26. The quantitative estimate of drug-likeness (QED) is 0.809. The molecule has 3 N–H and O–H groups in total. The minimum atomic E-state index is -3.96. The highest BCUT2D eigenvalue weighted by Gasteiger charge is 2.22. The van der Waals surface area contributed by atoms with Crippen LogP contribution in [0.1, 0.15) is 12.8 Å². The van der Waals surface area contributed by atoms with Crippen molar-refractivity contribution in [2.45, 2.75) is 17.7 Å². The minimum Gasteiger partial charge on any atom is -0.396 e. The fraction of sp³-hybridized carbons (Fsp3) is 0.500. The summed E-state index contributed by atoms with van der Waals surface area (Å²) >= 11 is 5.71. The van der Waals surface area contributed by atoms with Crippen LogP contribution < -0.4 is 10.5 Å². The molecule has 20 heavy (non-hydrogen) atoms. The molecule has 1 aromatic rings. The summed E-state index contributed by atoms with van der Waals surface area (Å²) in [6.45, 7) is 1.57. The van der Waals surface area contributed by atoms with E-state index in [1.165, 1.54) is 6.07 Å². The maximum Gasteiger partial charge on any atom is 0.243 e. The van der Waals surface area contributed by atoms with E-state index in [1.807, 2.05) is 0 Å². The second-order valence-corrected chi connectivity index (χ2v) is 6.90. The average Bonchev–Trinajstić information content (AvgIpc) is 2.86. The number of rotatable bonds is 5. The van der Waals surface area contributed by atoms with Gasteiger partial charge in [0.15, 0.2) is 5.82 Å². The summed E-state index contributed by atoms with van der Waals surface area (Å²) in [5, 5.41) is 0.0773. The summed E-state index contributed by atoms with van der Waals surface area (Å²) in [7, 11) is -3.96. The van der Waals surface area contributed by atoms with E-state index in [1.54, 1.807) is 0 Å². The van der Waals surface area contributed by atoms with Gasteiger partial charge in [-0.2, -0.15) is 0 Å². The highest BCUT2D eigenvalue weighted by molar-refractivity contribution is 7.89. The van der Waals surface area contributed by atoms with Crippen molar-refractivity contribution in [3.63, 3.8) is 0 Å². The van der Waals surface area contributed by atoms with Gasteiger partial charge in [-0.1, -0.05) is 11.6 Å². The molecular formula is C12H16ClFN2O3S. The number of sulfonamides is 1. The normalized spacial score (nSPS) is 19.4. The number of nitrogens with one attached hydrogen (secondary N) is 1. The molecule has 1 heterocycles. The number of nitrogen functional groups attached to an aromatic ring is 1. The Bertz CT molecular complexity index is 589. The first-order chi connectivity index (χ1) is 9.40. The number of nitrogens with two attached hydrogens (primary N) is 1. The average molecular weight is 323 g/mol. The molecule has 0 spiro atoms. The Morgan fingerprint density at radius 1 is 1.50 bits per heavy atom. The molecular weight excluding hydrogens is 307 g/mol. The van der Waals surface area contributed by atoms with Gasteiger partial charge in [0.1, 0.15) is 4.90 Å². The van der Waals surface area contributed by atoms with Crippen molar-refractivity contribution in [3.05, 3.63) is 23.0 Å². The third kappa shape index (κ3) is 3.60. The lowest BCUT2D eigenvalue weighted by Crippen LogP contribution is -2.27. The Balaban J connectivity index is 2.06. The van der Waals surface area contributed by atoms with E-state index in [-0.39, 0.29) is 17.3 Å². The molecule has 112 valence electrons. The number of ether oxygens (including phenoxy) is 1. The van der Waals surface area contributed by atoms with Crippen LogP contribution in [-0.2, 0) is 14.8 Å². The maximum atomic E-state index is 13.8. The largest absolute Gasteiger partial charge is 0.396 e. The molecule has 1 aromatic carbocycles. The van der Waals surface area contributed by atoms with Crippen molar-refractivity contribution in [1.29, 1.82) is 0 Å². The zero-order valence-corrected chi connectivity index (χ0v) is 12.3. The standard InChI is InChI=1S/C12H16ClFN2O3S/c13-9-5-10(15)12(14)11(6-9)20(17,18)16-3-1-8-2-4-19-7-8/h5-6,8,16H,1-4,7,15H2. The Hall–Kier alpha value is -0.890. The van der Waals surface area contributed by atoms with Crippen LogP contribution in [0.2, 0.25) is 5.02 Å². The fourth-order valence-corrected chi connectivity index (χ4v) is 3.54. The van der Waals surface area contributed by atoms with E-state index in [9.17, 15) is 12.8 Å². The molecule has 0 radical (unpaired) electrons. The molecule has 0 aliphatic carbocycles. The summed E-state index contributed by atoms with van der Waals surface area (Å²) in [5.74, 6) is -0.641. The molecule has 1 aliphatic rings. The van der Waals surface area contributed by atoms with Gasteiger partial charge in [0.05, 0.1) is 5.69 Å². The minimum absolute atomic E-state index is 0.0773. The lowest BCUT2D eigenvalue weighted by atomic mass is 10.1. The molecule has 1 atom stereocenters. The van der Waals surface area contributed by atoms with E-state index >= 15 is 0 Å². The Morgan fingerprint density at radius 3 is 2.90 bits per heavy atom. The molecule has 0 amide bonds. The zero-order valence-electron chi connectivity index (χ0n) is 10.7. The molecule has 1 fully saturated rings. The third-order valence-electron chi connectivity index (χ3n) is 3.19. The molecule has 0 aromatic heterocycles. The molecule has 1 unspecified atom stereocenters. The predicted molar refractivity (Wildman–Crippen MR) is 74.6 cm³/mol. The van der Waals surface area contributed by atoms with E-state index < -0.39 is 20.7 Å². The summed E-state index contributed by atoms with van der Waals surface area (Å²) in [6.07, 6.45) is 1.57. The number of hydrogen-bond acceptors (Lipinski definition) is 4. The van der Waals surface area contributed by atoms with Crippen LogP contribution in [0.15, 0.2) is 17.0 Å². The van der Waals surface area contributed by atoms with Gasteiger partial charge in [-0.05, 0) is 30.9 Å². The Kier molecular flexibility index (Phi) is 4.85. The second-order valence-electron chi connectivity index (χ2n) is 4.72. The van der Waals surface area contributed by atoms with Gasteiger partial charge < -0.3 is 10.5 Å². The summed E-state index contributed by atoms with van der Waals surface area (Å²) < 4.78 is 45.4. The molecule has 8 heteroatoms. The topological polar surface area (TPSA) is 81.4 Å². The van der Waals surface area contributed by atoms with Crippen molar-refractivity contribution < 1.29 is 17.5 Å². The summed E-state index contributed by atoms with van der Waals surface area (Å²) in [5.41, 5.74) is 5.09. The number of hydrogen-bond donors (Lipinski definition) is 2. The van der Waals surface area contributed by atoms with Crippen molar-refractivity contribution in [3.8, 4) is 0 Å². The van der Waals surface area contributed by atoms with Crippen LogP contribution in [-0.4, -0.2) is 28.2 Å². The first-order valence-corrected chi connectivity index (χ1v) is 8.08. The number of anilines is 1. The van der Waals surface area contributed by atoms with E-state index in [4.69, 9.17) is 22.1 Å².